The number of hydrogen-bond donors (Lipinski definition) is 1. The SMILES string of the molecule is O=c1[nH]nc(SCCSc2ccc(F)cc2)n1CC1CCCO1. The van der Waals surface area contributed by atoms with Crippen LogP contribution in [-0.4, -0.2) is 39.0 Å². The Balaban J connectivity index is 1.50. The van der Waals surface area contributed by atoms with E-state index < -0.39 is 0 Å². The lowest BCUT2D eigenvalue weighted by Crippen LogP contribution is -2.25. The highest BCUT2D eigenvalue weighted by Crippen LogP contribution is 2.22. The first-order valence-electron chi connectivity index (χ1n) is 7.50. The number of rotatable bonds is 7. The van der Waals surface area contributed by atoms with Gasteiger partial charge in [-0.05, 0) is 37.1 Å². The van der Waals surface area contributed by atoms with E-state index >= 15 is 0 Å². The van der Waals surface area contributed by atoms with Crippen LogP contribution >= 0.6 is 23.5 Å². The van der Waals surface area contributed by atoms with Gasteiger partial charge in [0.1, 0.15) is 5.82 Å². The molecule has 1 fully saturated rings. The fourth-order valence-electron chi connectivity index (χ4n) is 2.39. The molecule has 1 atom stereocenters. The van der Waals surface area contributed by atoms with Gasteiger partial charge in [0, 0.05) is 23.0 Å². The molecule has 0 amide bonds. The Morgan fingerprint density at radius 2 is 2.09 bits per heavy atom. The molecule has 124 valence electrons. The van der Waals surface area contributed by atoms with E-state index in [2.05, 4.69) is 10.2 Å². The molecule has 3 rings (SSSR count). The van der Waals surface area contributed by atoms with E-state index in [4.69, 9.17) is 4.74 Å². The number of thioether (sulfide) groups is 2. The lowest BCUT2D eigenvalue weighted by molar-refractivity contribution is 0.0941. The number of ether oxygens (including phenoxy) is 1. The molecular formula is C15H18FN3O2S2. The predicted molar refractivity (Wildman–Crippen MR) is 89.7 cm³/mol. The first kappa shape index (κ1) is 16.6. The molecule has 8 heteroatoms. The lowest BCUT2D eigenvalue weighted by atomic mass is 10.2. The van der Waals surface area contributed by atoms with Gasteiger partial charge in [-0.25, -0.2) is 14.3 Å². The van der Waals surface area contributed by atoms with Crippen molar-refractivity contribution in [1.82, 2.24) is 14.8 Å². The minimum Gasteiger partial charge on any atom is -0.376 e. The van der Waals surface area contributed by atoms with Crippen molar-refractivity contribution in [2.45, 2.75) is 35.5 Å². The quantitative estimate of drug-likeness (QED) is 0.611. The Morgan fingerprint density at radius 3 is 2.83 bits per heavy atom. The third-order valence-electron chi connectivity index (χ3n) is 3.53. The second-order valence-corrected chi connectivity index (χ2v) is 7.44. The van der Waals surface area contributed by atoms with Gasteiger partial charge in [-0.2, -0.15) is 0 Å². The highest BCUT2D eigenvalue weighted by atomic mass is 32.2. The third-order valence-corrected chi connectivity index (χ3v) is 5.78. The van der Waals surface area contributed by atoms with Crippen LogP contribution in [0.2, 0.25) is 0 Å². The number of hydrogen-bond acceptors (Lipinski definition) is 5. The number of aromatic nitrogens is 3. The molecule has 0 spiro atoms. The molecule has 1 aromatic heterocycles. The van der Waals surface area contributed by atoms with Crippen LogP contribution in [-0.2, 0) is 11.3 Å². The fraction of sp³-hybridized carbons (Fsp3) is 0.467. The van der Waals surface area contributed by atoms with Crippen molar-refractivity contribution in [3.8, 4) is 0 Å². The van der Waals surface area contributed by atoms with Crippen molar-refractivity contribution < 1.29 is 9.13 Å². The molecule has 5 nitrogen and oxygen atoms in total. The Kier molecular flexibility index (Phi) is 5.80. The number of halogens is 1. The molecule has 0 radical (unpaired) electrons. The van der Waals surface area contributed by atoms with Gasteiger partial charge < -0.3 is 4.74 Å². The summed E-state index contributed by atoms with van der Waals surface area (Å²) in [5.41, 5.74) is -0.186. The topological polar surface area (TPSA) is 59.9 Å². The van der Waals surface area contributed by atoms with Crippen molar-refractivity contribution in [2.24, 2.45) is 0 Å². The van der Waals surface area contributed by atoms with Gasteiger partial charge in [-0.1, -0.05) is 11.8 Å². The number of aromatic amines is 1. The van der Waals surface area contributed by atoms with E-state index in [9.17, 15) is 9.18 Å². The average Bonchev–Trinajstić information content (AvgIpc) is 3.18. The second kappa shape index (κ2) is 8.03. The molecule has 0 saturated carbocycles. The normalized spacial score (nSPS) is 17.7. The molecule has 1 N–H and O–H groups in total. The van der Waals surface area contributed by atoms with E-state index in [1.807, 2.05) is 0 Å². The van der Waals surface area contributed by atoms with Crippen LogP contribution in [0.15, 0.2) is 39.1 Å². The van der Waals surface area contributed by atoms with Crippen molar-refractivity contribution in [1.29, 1.82) is 0 Å². The first-order valence-corrected chi connectivity index (χ1v) is 9.47. The zero-order chi connectivity index (χ0) is 16.1. The maximum atomic E-state index is 12.8. The molecule has 1 aromatic carbocycles. The minimum absolute atomic E-state index is 0.109. The van der Waals surface area contributed by atoms with Crippen LogP contribution in [0, 0.1) is 5.82 Å². The summed E-state index contributed by atoms with van der Waals surface area (Å²) >= 11 is 3.20. The molecule has 23 heavy (non-hydrogen) atoms. The van der Waals surface area contributed by atoms with Gasteiger partial charge in [0.05, 0.1) is 12.6 Å². The van der Waals surface area contributed by atoms with E-state index in [1.165, 1.54) is 12.1 Å². The molecule has 1 unspecified atom stereocenters. The summed E-state index contributed by atoms with van der Waals surface area (Å²) in [7, 11) is 0. The first-order chi connectivity index (χ1) is 11.2. The summed E-state index contributed by atoms with van der Waals surface area (Å²) in [6.45, 7) is 1.33. The summed E-state index contributed by atoms with van der Waals surface area (Å²) in [6, 6.07) is 6.46. The highest BCUT2D eigenvalue weighted by Gasteiger charge is 2.19. The smallest absolute Gasteiger partial charge is 0.344 e. The summed E-state index contributed by atoms with van der Waals surface area (Å²) in [5.74, 6) is 1.45. The molecule has 1 aliphatic rings. The maximum Gasteiger partial charge on any atom is 0.344 e. The largest absolute Gasteiger partial charge is 0.376 e. The van der Waals surface area contributed by atoms with Crippen molar-refractivity contribution in [3.63, 3.8) is 0 Å². The second-order valence-electron chi connectivity index (χ2n) is 5.21. The number of nitrogens with one attached hydrogen (secondary N) is 1. The van der Waals surface area contributed by atoms with Crippen molar-refractivity contribution in [3.05, 3.63) is 40.6 Å². The minimum atomic E-state index is -0.224. The highest BCUT2D eigenvalue weighted by molar-refractivity contribution is 8.02. The Labute approximate surface area is 142 Å². The van der Waals surface area contributed by atoms with Gasteiger partial charge in [-0.3, -0.25) is 4.57 Å². The van der Waals surface area contributed by atoms with Gasteiger partial charge in [0.25, 0.3) is 0 Å². The Hall–Kier alpha value is -1.25. The van der Waals surface area contributed by atoms with Crippen LogP contribution in [0.5, 0.6) is 0 Å². The van der Waals surface area contributed by atoms with E-state index in [1.54, 1.807) is 40.2 Å². The van der Waals surface area contributed by atoms with Gasteiger partial charge in [0.2, 0.25) is 0 Å². The predicted octanol–water partition coefficient (Wildman–Crippen LogP) is 2.77. The summed E-state index contributed by atoms with van der Waals surface area (Å²) < 4.78 is 20.1. The monoisotopic (exact) mass is 355 g/mol. The third kappa shape index (κ3) is 4.62. The molecule has 1 saturated heterocycles. The van der Waals surface area contributed by atoms with Gasteiger partial charge in [0.15, 0.2) is 5.16 Å². The van der Waals surface area contributed by atoms with Crippen molar-refractivity contribution in [2.75, 3.05) is 18.1 Å². The zero-order valence-electron chi connectivity index (χ0n) is 12.5. The summed E-state index contributed by atoms with van der Waals surface area (Å²) in [5, 5.41) is 7.30. The summed E-state index contributed by atoms with van der Waals surface area (Å²) in [6.07, 6.45) is 2.15. The number of nitrogens with zero attached hydrogens (tertiary/aromatic N) is 2. The molecule has 2 aromatic rings. The lowest BCUT2D eigenvalue weighted by Gasteiger charge is -2.10. The number of H-pyrrole nitrogens is 1. The zero-order valence-corrected chi connectivity index (χ0v) is 14.2. The van der Waals surface area contributed by atoms with Crippen LogP contribution in [0.25, 0.3) is 0 Å². The molecular weight excluding hydrogens is 337 g/mol. The van der Waals surface area contributed by atoms with E-state index in [0.29, 0.717) is 11.7 Å². The molecule has 2 heterocycles. The van der Waals surface area contributed by atoms with E-state index in [-0.39, 0.29) is 17.6 Å². The maximum absolute atomic E-state index is 12.8. The standard InChI is InChI=1S/C15H18FN3O2S2/c16-11-3-5-13(6-4-11)22-8-9-23-15-18-17-14(20)19(15)10-12-2-1-7-21-12/h3-6,12H,1-2,7-10H2,(H,17,20). The average molecular weight is 355 g/mol. The van der Waals surface area contributed by atoms with Crippen LogP contribution in [0.3, 0.4) is 0 Å². The van der Waals surface area contributed by atoms with Crippen LogP contribution < -0.4 is 5.69 Å². The summed E-state index contributed by atoms with van der Waals surface area (Å²) in [4.78, 5) is 12.9. The van der Waals surface area contributed by atoms with E-state index in [0.717, 1.165) is 35.8 Å². The number of benzene rings is 1. The molecule has 1 aliphatic heterocycles. The molecule has 0 bridgehead atoms. The Bertz CT molecular complexity index is 681. The van der Waals surface area contributed by atoms with Gasteiger partial charge in [-0.15, -0.1) is 16.9 Å². The van der Waals surface area contributed by atoms with Crippen LogP contribution in [0.4, 0.5) is 4.39 Å². The van der Waals surface area contributed by atoms with Crippen LogP contribution in [0.1, 0.15) is 12.8 Å². The Morgan fingerprint density at radius 1 is 1.30 bits per heavy atom. The molecule has 0 aliphatic carbocycles. The van der Waals surface area contributed by atoms with Gasteiger partial charge >= 0.3 is 5.69 Å². The fourth-order valence-corrected chi connectivity index (χ4v) is 4.23. The van der Waals surface area contributed by atoms with Crippen molar-refractivity contribution >= 4 is 23.5 Å².